The van der Waals surface area contributed by atoms with E-state index >= 15 is 0 Å². The number of sulfonamides is 1. The second-order valence-corrected chi connectivity index (χ2v) is 11.0. The molecule has 34 heavy (non-hydrogen) atoms. The van der Waals surface area contributed by atoms with Gasteiger partial charge in [-0.25, -0.2) is 13.4 Å². The summed E-state index contributed by atoms with van der Waals surface area (Å²) in [5.74, 6) is 0.931. The molecule has 4 rings (SSSR count). The van der Waals surface area contributed by atoms with Gasteiger partial charge in [-0.1, -0.05) is 6.92 Å². The standard InChI is InChI=1S/C21H33N9O3S/c1-6-17(14(4)31)25-21-26-19(18-20(27-21)30(12-22-18)13(2)3)24-15-7-8-29(10-15)34(32,33)16-9-23-28(5)11-16/h9,11-15,17,31H,6-8,10H2,1-5H3,(H2,24,25,26,27)/t14-,15+,17+/m1/s1. The van der Waals surface area contributed by atoms with Gasteiger partial charge in [-0.3, -0.25) is 4.68 Å². The van der Waals surface area contributed by atoms with Crippen LogP contribution in [0.4, 0.5) is 11.8 Å². The van der Waals surface area contributed by atoms with E-state index in [2.05, 4.69) is 30.7 Å². The summed E-state index contributed by atoms with van der Waals surface area (Å²) in [5.41, 5.74) is 1.30. The number of aliphatic hydroxyl groups excluding tert-OH is 1. The molecular formula is C21H33N9O3S. The van der Waals surface area contributed by atoms with Crippen molar-refractivity contribution in [3.8, 4) is 0 Å². The van der Waals surface area contributed by atoms with Gasteiger partial charge in [0.05, 0.1) is 24.7 Å². The molecule has 0 bridgehead atoms. The Morgan fingerprint density at radius 3 is 2.65 bits per heavy atom. The van der Waals surface area contributed by atoms with Gasteiger partial charge in [0.1, 0.15) is 4.90 Å². The molecule has 0 aliphatic carbocycles. The fourth-order valence-corrected chi connectivity index (χ4v) is 5.61. The third kappa shape index (κ3) is 4.72. The maximum Gasteiger partial charge on any atom is 0.246 e. The molecule has 1 aliphatic rings. The van der Waals surface area contributed by atoms with Gasteiger partial charge >= 0.3 is 0 Å². The van der Waals surface area contributed by atoms with Crippen LogP contribution in [0.3, 0.4) is 0 Å². The van der Waals surface area contributed by atoms with Crippen molar-refractivity contribution in [2.24, 2.45) is 7.05 Å². The summed E-state index contributed by atoms with van der Waals surface area (Å²) >= 11 is 0. The molecule has 0 unspecified atom stereocenters. The molecule has 3 aromatic heterocycles. The van der Waals surface area contributed by atoms with Crippen LogP contribution in [-0.4, -0.2) is 78.4 Å². The minimum atomic E-state index is -3.61. The van der Waals surface area contributed by atoms with E-state index in [1.54, 1.807) is 20.3 Å². The number of anilines is 2. The maximum absolute atomic E-state index is 13.0. The summed E-state index contributed by atoms with van der Waals surface area (Å²) in [6, 6.07) is -0.196. The zero-order valence-corrected chi connectivity index (χ0v) is 21.0. The number of imidazole rings is 1. The van der Waals surface area contributed by atoms with Crippen LogP contribution in [-0.2, 0) is 17.1 Å². The third-order valence-corrected chi connectivity index (χ3v) is 7.94. The van der Waals surface area contributed by atoms with Gasteiger partial charge in [0.2, 0.25) is 16.0 Å². The molecular weight excluding hydrogens is 458 g/mol. The predicted molar refractivity (Wildman–Crippen MR) is 129 cm³/mol. The average Bonchev–Trinajstić information content (AvgIpc) is 3.51. The van der Waals surface area contributed by atoms with E-state index in [1.807, 2.05) is 25.3 Å². The van der Waals surface area contributed by atoms with Crippen LogP contribution in [0.5, 0.6) is 0 Å². The van der Waals surface area contributed by atoms with Crippen LogP contribution in [0, 0.1) is 0 Å². The molecule has 3 N–H and O–H groups in total. The highest BCUT2D eigenvalue weighted by atomic mass is 32.2. The number of rotatable bonds is 9. The summed E-state index contributed by atoms with van der Waals surface area (Å²) in [5, 5.41) is 20.7. The third-order valence-electron chi connectivity index (χ3n) is 6.13. The number of aryl methyl sites for hydroxylation is 1. The molecule has 0 spiro atoms. The second kappa shape index (κ2) is 9.47. The molecule has 13 heteroatoms. The van der Waals surface area contributed by atoms with Gasteiger partial charge in [0.25, 0.3) is 0 Å². The Balaban J connectivity index is 1.61. The Labute approximate surface area is 199 Å². The maximum atomic E-state index is 13.0. The lowest BCUT2D eigenvalue weighted by molar-refractivity contribution is 0.169. The highest BCUT2D eigenvalue weighted by Crippen LogP contribution is 2.27. The van der Waals surface area contributed by atoms with Crippen molar-refractivity contribution in [2.45, 2.75) is 69.7 Å². The number of hydrogen-bond acceptors (Lipinski definition) is 9. The summed E-state index contributed by atoms with van der Waals surface area (Å²) in [6.45, 7) is 8.51. The molecule has 3 atom stereocenters. The fourth-order valence-electron chi connectivity index (χ4n) is 4.13. The molecule has 12 nitrogen and oxygen atoms in total. The van der Waals surface area contributed by atoms with Crippen LogP contribution >= 0.6 is 0 Å². The van der Waals surface area contributed by atoms with Crippen molar-refractivity contribution < 1.29 is 13.5 Å². The number of nitrogens with zero attached hydrogens (tertiary/aromatic N) is 7. The lowest BCUT2D eigenvalue weighted by atomic mass is 10.1. The lowest BCUT2D eigenvalue weighted by Gasteiger charge is -2.21. The topological polar surface area (TPSA) is 143 Å². The van der Waals surface area contributed by atoms with E-state index in [0.29, 0.717) is 48.9 Å². The van der Waals surface area contributed by atoms with Crippen molar-refractivity contribution in [3.63, 3.8) is 0 Å². The fraction of sp³-hybridized carbons (Fsp3) is 0.619. The Morgan fingerprint density at radius 2 is 2.03 bits per heavy atom. The first-order valence-corrected chi connectivity index (χ1v) is 13.0. The lowest BCUT2D eigenvalue weighted by Crippen LogP contribution is -2.32. The normalized spacial score (nSPS) is 19.1. The van der Waals surface area contributed by atoms with E-state index in [0.717, 1.165) is 0 Å². The zero-order valence-electron chi connectivity index (χ0n) is 20.2. The van der Waals surface area contributed by atoms with Crippen LogP contribution in [0.1, 0.15) is 46.6 Å². The summed E-state index contributed by atoms with van der Waals surface area (Å²) in [6.07, 6.45) is 5.37. The molecule has 0 radical (unpaired) electrons. The molecule has 1 fully saturated rings. The number of nitrogens with one attached hydrogen (secondary N) is 2. The van der Waals surface area contributed by atoms with Crippen molar-refractivity contribution in [3.05, 3.63) is 18.7 Å². The van der Waals surface area contributed by atoms with Crippen molar-refractivity contribution in [1.82, 2.24) is 33.6 Å². The Bertz CT molecular complexity index is 1250. The second-order valence-electron chi connectivity index (χ2n) is 9.06. The first-order valence-electron chi connectivity index (χ1n) is 11.5. The van der Waals surface area contributed by atoms with E-state index in [4.69, 9.17) is 0 Å². The van der Waals surface area contributed by atoms with E-state index in [1.165, 1.54) is 21.4 Å². The van der Waals surface area contributed by atoms with Crippen molar-refractivity contribution >= 4 is 33.0 Å². The molecule has 0 saturated carbocycles. The van der Waals surface area contributed by atoms with Gasteiger partial charge in [-0.2, -0.15) is 19.4 Å². The largest absolute Gasteiger partial charge is 0.391 e. The van der Waals surface area contributed by atoms with Crippen LogP contribution in [0.2, 0.25) is 0 Å². The SMILES string of the molecule is CC[C@H](Nc1nc(N[C@H]2CCN(S(=O)(=O)c3cnn(C)c3)C2)c2ncn(C(C)C)c2n1)[C@@H](C)O. The number of hydrogen-bond donors (Lipinski definition) is 3. The number of aromatic nitrogens is 6. The molecule has 1 saturated heterocycles. The van der Waals surface area contributed by atoms with Crippen LogP contribution in [0.15, 0.2) is 23.6 Å². The Morgan fingerprint density at radius 1 is 1.26 bits per heavy atom. The van der Waals surface area contributed by atoms with Crippen molar-refractivity contribution in [2.75, 3.05) is 23.7 Å². The van der Waals surface area contributed by atoms with Crippen molar-refractivity contribution in [1.29, 1.82) is 0 Å². The van der Waals surface area contributed by atoms with Gasteiger partial charge in [0.15, 0.2) is 17.0 Å². The number of fused-ring (bicyclic) bond motifs is 1. The Kier molecular flexibility index (Phi) is 6.78. The molecule has 0 aromatic carbocycles. The molecule has 186 valence electrons. The van der Waals surface area contributed by atoms with Gasteiger partial charge in [0, 0.05) is 38.4 Å². The smallest absolute Gasteiger partial charge is 0.246 e. The quantitative estimate of drug-likeness (QED) is 0.406. The zero-order chi connectivity index (χ0) is 24.6. The number of aliphatic hydroxyl groups is 1. The highest BCUT2D eigenvalue weighted by Gasteiger charge is 2.34. The van der Waals surface area contributed by atoms with Crippen LogP contribution < -0.4 is 10.6 Å². The van der Waals surface area contributed by atoms with Crippen LogP contribution in [0.25, 0.3) is 11.2 Å². The van der Waals surface area contributed by atoms with E-state index < -0.39 is 16.1 Å². The molecule has 0 amide bonds. The first-order chi connectivity index (χ1) is 16.1. The molecule has 4 heterocycles. The molecule has 1 aliphatic heterocycles. The van der Waals surface area contributed by atoms with Gasteiger partial charge in [-0.15, -0.1) is 0 Å². The summed E-state index contributed by atoms with van der Waals surface area (Å²) < 4.78 is 30.9. The van der Waals surface area contributed by atoms with Gasteiger partial charge < -0.3 is 20.3 Å². The summed E-state index contributed by atoms with van der Waals surface area (Å²) in [4.78, 5) is 14.0. The first kappa shape index (κ1) is 24.4. The predicted octanol–water partition coefficient (Wildman–Crippen LogP) is 1.59. The van der Waals surface area contributed by atoms with E-state index in [9.17, 15) is 13.5 Å². The minimum absolute atomic E-state index is 0.139. The monoisotopic (exact) mass is 491 g/mol. The highest BCUT2D eigenvalue weighted by molar-refractivity contribution is 7.89. The summed E-state index contributed by atoms with van der Waals surface area (Å²) in [7, 11) is -1.92. The Hall–Kier alpha value is -2.77. The minimum Gasteiger partial charge on any atom is -0.391 e. The average molecular weight is 492 g/mol. The van der Waals surface area contributed by atoms with Gasteiger partial charge in [-0.05, 0) is 33.6 Å². The van der Waals surface area contributed by atoms with E-state index in [-0.39, 0.29) is 23.0 Å². The molecule has 3 aromatic rings.